The summed E-state index contributed by atoms with van der Waals surface area (Å²) in [4.78, 5) is 0. The van der Waals surface area contributed by atoms with E-state index in [1.807, 2.05) is 11.3 Å². The quantitative estimate of drug-likeness (QED) is 0.191. The molecule has 0 spiro atoms. The van der Waals surface area contributed by atoms with Crippen LogP contribution in [-0.4, -0.2) is 0 Å². The lowest BCUT2D eigenvalue weighted by Gasteiger charge is -2.32. The topological polar surface area (TPSA) is 0 Å². The molecule has 0 fully saturated rings. The van der Waals surface area contributed by atoms with Crippen molar-refractivity contribution >= 4 is 64.3 Å². The van der Waals surface area contributed by atoms with Gasteiger partial charge in [0.05, 0.1) is 0 Å². The fourth-order valence-corrected chi connectivity index (χ4v) is 7.88. The maximum atomic E-state index is 3.65. The number of rotatable bonds is 3. The van der Waals surface area contributed by atoms with Crippen LogP contribution < -0.4 is 0 Å². The molecule has 8 rings (SSSR count). The van der Waals surface area contributed by atoms with Gasteiger partial charge in [-0.15, -0.1) is 11.3 Å². The highest BCUT2D eigenvalue weighted by Gasteiger charge is 2.29. The fraction of sp³-hybridized carbons (Fsp3) is 0.0526. The standard InChI is InChI=1S/C38H25BrS/c39-29-16-21-37-35(23-29)34-22-28(15-20-36(34)40-37)24-10-12-26(13-11-24)31-18-19-32-30-9-5-4-6-25(30)14-17-33(32)38(31)27-7-2-1-3-8-27/h1-23,31,38H. The Morgan fingerprint density at radius 1 is 0.550 bits per heavy atom. The Morgan fingerprint density at radius 2 is 1.27 bits per heavy atom. The number of hydrogen-bond donors (Lipinski definition) is 0. The summed E-state index contributed by atoms with van der Waals surface area (Å²) in [6.07, 6.45) is 4.77. The van der Waals surface area contributed by atoms with E-state index in [0.717, 1.165) is 4.47 Å². The summed E-state index contributed by atoms with van der Waals surface area (Å²) in [7, 11) is 0. The van der Waals surface area contributed by atoms with Gasteiger partial charge < -0.3 is 0 Å². The lowest BCUT2D eigenvalue weighted by atomic mass is 9.71. The maximum absolute atomic E-state index is 3.65. The van der Waals surface area contributed by atoms with Crippen LogP contribution in [0.1, 0.15) is 34.1 Å². The molecule has 0 saturated carbocycles. The van der Waals surface area contributed by atoms with E-state index in [0.29, 0.717) is 0 Å². The second-order valence-corrected chi connectivity index (χ2v) is 12.6. The lowest BCUT2D eigenvalue weighted by Crippen LogP contribution is -2.15. The van der Waals surface area contributed by atoms with Gasteiger partial charge in [0, 0.05) is 36.5 Å². The molecule has 2 atom stereocenters. The highest BCUT2D eigenvalue weighted by Crippen LogP contribution is 2.46. The molecule has 0 radical (unpaired) electrons. The van der Waals surface area contributed by atoms with Gasteiger partial charge in [0.15, 0.2) is 0 Å². The molecule has 0 aliphatic heterocycles. The number of fused-ring (bicyclic) bond motifs is 6. The minimum absolute atomic E-state index is 0.267. The normalized spacial score (nSPS) is 16.5. The third-order valence-corrected chi connectivity index (χ3v) is 10.0. The van der Waals surface area contributed by atoms with Gasteiger partial charge in [-0.05, 0) is 74.5 Å². The highest BCUT2D eigenvalue weighted by molar-refractivity contribution is 9.10. The summed E-state index contributed by atoms with van der Waals surface area (Å²) in [5.41, 5.74) is 7.97. The van der Waals surface area contributed by atoms with Crippen LogP contribution in [0.25, 0.3) is 48.1 Å². The van der Waals surface area contributed by atoms with Crippen LogP contribution in [0, 0.1) is 0 Å². The number of benzene rings is 6. The van der Waals surface area contributed by atoms with Crippen molar-refractivity contribution in [1.82, 2.24) is 0 Å². The van der Waals surface area contributed by atoms with Crippen molar-refractivity contribution in [2.45, 2.75) is 11.8 Å². The van der Waals surface area contributed by atoms with Crippen LogP contribution in [0.3, 0.4) is 0 Å². The van der Waals surface area contributed by atoms with Crippen LogP contribution >= 0.6 is 27.3 Å². The fourth-order valence-electron chi connectivity index (χ4n) is 6.45. The van der Waals surface area contributed by atoms with Crippen molar-refractivity contribution in [3.63, 3.8) is 0 Å². The predicted octanol–water partition coefficient (Wildman–Crippen LogP) is 11.6. The van der Waals surface area contributed by atoms with Gasteiger partial charge in [-0.3, -0.25) is 0 Å². The van der Waals surface area contributed by atoms with E-state index in [1.165, 1.54) is 64.3 Å². The van der Waals surface area contributed by atoms with Crippen LogP contribution in [0.5, 0.6) is 0 Å². The molecule has 1 heterocycles. The Labute approximate surface area is 246 Å². The first-order chi connectivity index (χ1) is 19.7. The molecule has 1 aliphatic carbocycles. The van der Waals surface area contributed by atoms with Crippen molar-refractivity contribution < 1.29 is 0 Å². The van der Waals surface area contributed by atoms with Crippen molar-refractivity contribution in [1.29, 1.82) is 0 Å². The van der Waals surface area contributed by atoms with Gasteiger partial charge in [0.25, 0.3) is 0 Å². The van der Waals surface area contributed by atoms with E-state index in [-0.39, 0.29) is 11.8 Å². The maximum Gasteiger partial charge on any atom is 0.0356 e. The predicted molar refractivity (Wildman–Crippen MR) is 176 cm³/mol. The molecule has 6 aromatic carbocycles. The summed E-state index contributed by atoms with van der Waals surface area (Å²) >= 11 is 5.51. The van der Waals surface area contributed by atoms with Crippen LogP contribution in [0.2, 0.25) is 0 Å². The molecule has 0 nitrogen and oxygen atoms in total. The molecule has 0 saturated heterocycles. The molecule has 1 aliphatic rings. The Balaban J connectivity index is 1.21. The van der Waals surface area contributed by atoms with Gasteiger partial charge in [-0.2, -0.15) is 0 Å². The number of allylic oxidation sites excluding steroid dienone is 1. The molecule has 1 aromatic heterocycles. The molecular weight excluding hydrogens is 568 g/mol. The van der Waals surface area contributed by atoms with Crippen molar-refractivity contribution in [2.75, 3.05) is 0 Å². The van der Waals surface area contributed by atoms with Gasteiger partial charge in [0.1, 0.15) is 0 Å². The SMILES string of the molecule is Brc1ccc2sc3ccc(-c4ccc(C5C=Cc6c(ccc7ccccc67)C5c5ccccc5)cc4)cc3c2c1. The molecule has 0 bridgehead atoms. The third-order valence-electron chi connectivity index (χ3n) is 8.39. The molecular formula is C38H25BrS. The van der Waals surface area contributed by atoms with E-state index in [4.69, 9.17) is 0 Å². The zero-order valence-electron chi connectivity index (χ0n) is 21.7. The second-order valence-electron chi connectivity index (χ2n) is 10.6. The molecule has 0 amide bonds. The zero-order valence-corrected chi connectivity index (χ0v) is 24.1. The van der Waals surface area contributed by atoms with Crippen LogP contribution in [0.4, 0.5) is 0 Å². The minimum atomic E-state index is 0.267. The molecule has 40 heavy (non-hydrogen) atoms. The monoisotopic (exact) mass is 592 g/mol. The average Bonchev–Trinajstić information content (AvgIpc) is 3.38. The van der Waals surface area contributed by atoms with Gasteiger partial charge in [0.2, 0.25) is 0 Å². The average molecular weight is 594 g/mol. The third kappa shape index (κ3) is 3.94. The smallest absolute Gasteiger partial charge is 0.0356 e. The van der Waals surface area contributed by atoms with Gasteiger partial charge >= 0.3 is 0 Å². The number of hydrogen-bond acceptors (Lipinski definition) is 1. The Bertz CT molecular complexity index is 2070. The Hall–Kier alpha value is -3.98. The van der Waals surface area contributed by atoms with Crippen molar-refractivity contribution in [2.24, 2.45) is 0 Å². The first-order valence-corrected chi connectivity index (χ1v) is 15.3. The van der Waals surface area contributed by atoms with E-state index >= 15 is 0 Å². The minimum Gasteiger partial charge on any atom is -0.135 e. The largest absolute Gasteiger partial charge is 0.135 e. The van der Waals surface area contributed by atoms with E-state index in [2.05, 4.69) is 155 Å². The highest BCUT2D eigenvalue weighted by atomic mass is 79.9. The summed E-state index contributed by atoms with van der Waals surface area (Å²) in [5.74, 6) is 0.536. The molecule has 0 N–H and O–H groups in total. The summed E-state index contributed by atoms with van der Waals surface area (Å²) in [6.45, 7) is 0. The number of thiophene rings is 1. The molecule has 2 heteroatoms. The second kappa shape index (κ2) is 9.59. The van der Waals surface area contributed by atoms with Gasteiger partial charge in [-0.1, -0.05) is 125 Å². The van der Waals surface area contributed by atoms with Crippen LogP contribution in [-0.2, 0) is 0 Å². The first kappa shape index (κ1) is 23.9. The van der Waals surface area contributed by atoms with E-state index in [1.54, 1.807) is 0 Å². The van der Waals surface area contributed by atoms with E-state index in [9.17, 15) is 0 Å². The van der Waals surface area contributed by atoms with Gasteiger partial charge in [-0.25, -0.2) is 0 Å². The summed E-state index contributed by atoms with van der Waals surface area (Å²) in [6, 6.07) is 47.1. The molecule has 2 unspecified atom stereocenters. The van der Waals surface area contributed by atoms with E-state index < -0.39 is 0 Å². The molecule has 7 aromatic rings. The Morgan fingerprint density at radius 3 is 2.12 bits per heavy atom. The molecule has 190 valence electrons. The summed E-state index contributed by atoms with van der Waals surface area (Å²) < 4.78 is 3.78. The first-order valence-electron chi connectivity index (χ1n) is 13.7. The zero-order chi connectivity index (χ0) is 26.6. The number of halogens is 1. The van der Waals surface area contributed by atoms with Crippen LogP contribution in [0.15, 0.2) is 138 Å². The van der Waals surface area contributed by atoms with Crippen molar-refractivity contribution in [3.8, 4) is 11.1 Å². The lowest BCUT2D eigenvalue weighted by molar-refractivity contribution is 0.709. The Kier molecular flexibility index (Phi) is 5.72. The van der Waals surface area contributed by atoms with Crippen molar-refractivity contribution in [3.05, 3.63) is 160 Å². The summed E-state index contributed by atoms with van der Waals surface area (Å²) in [5, 5.41) is 5.26.